The van der Waals surface area contributed by atoms with E-state index in [1.54, 1.807) is 14.2 Å². The minimum Gasteiger partial charge on any atom is -0.493 e. The van der Waals surface area contributed by atoms with E-state index in [1.165, 1.54) is 0 Å². The van der Waals surface area contributed by atoms with E-state index in [4.69, 9.17) is 25.8 Å². The van der Waals surface area contributed by atoms with Gasteiger partial charge in [0.2, 0.25) is 0 Å². The van der Waals surface area contributed by atoms with Crippen LogP contribution in [0.3, 0.4) is 0 Å². The number of methoxy groups -OCH3 is 2. The molecule has 1 aliphatic heterocycles. The summed E-state index contributed by atoms with van der Waals surface area (Å²) in [6.07, 6.45) is 1.58. The molecule has 0 unspecified atom stereocenters. The molecule has 6 nitrogen and oxygen atoms in total. The predicted molar refractivity (Wildman–Crippen MR) is 117 cm³/mol. The largest absolute Gasteiger partial charge is 0.493 e. The molecule has 2 aromatic carbocycles. The third kappa shape index (κ3) is 3.67. The Morgan fingerprint density at radius 2 is 2.00 bits per heavy atom. The number of rotatable bonds is 7. The first-order valence-corrected chi connectivity index (χ1v) is 10.4. The zero-order valence-corrected chi connectivity index (χ0v) is 18.1. The van der Waals surface area contributed by atoms with Crippen LogP contribution in [0.5, 0.6) is 17.2 Å². The number of benzene rings is 2. The molecule has 1 atom stereocenters. The second-order valence-corrected chi connectivity index (χ2v) is 7.70. The zero-order valence-electron chi connectivity index (χ0n) is 17.3. The minimum absolute atomic E-state index is 0.0348. The summed E-state index contributed by atoms with van der Waals surface area (Å²) >= 11 is 6.39. The normalized spacial score (nSPS) is 15.0. The van der Waals surface area contributed by atoms with Crippen molar-refractivity contribution in [1.82, 2.24) is 9.88 Å². The molecule has 0 spiro atoms. The fourth-order valence-corrected chi connectivity index (χ4v) is 4.07. The molecule has 0 saturated heterocycles. The number of aromatic nitrogens is 1. The van der Waals surface area contributed by atoms with Gasteiger partial charge in [0.05, 0.1) is 31.3 Å². The average molecular weight is 429 g/mol. The van der Waals surface area contributed by atoms with Crippen molar-refractivity contribution in [3.8, 4) is 17.2 Å². The quantitative estimate of drug-likeness (QED) is 0.603. The van der Waals surface area contributed by atoms with Crippen LogP contribution in [0.1, 0.15) is 29.4 Å². The van der Waals surface area contributed by atoms with Crippen LogP contribution in [0, 0.1) is 0 Å². The number of carbonyl (C=O) groups is 1. The van der Waals surface area contributed by atoms with Gasteiger partial charge in [-0.25, -0.2) is 0 Å². The highest BCUT2D eigenvalue weighted by Crippen LogP contribution is 2.38. The molecule has 1 aromatic heterocycles. The zero-order chi connectivity index (χ0) is 21.3. The molecule has 1 aliphatic rings. The van der Waals surface area contributed by atoms with Crippen LogP contribution in [0.4, 0.5) is 0 Å². The van der Waals surface area contributed by atoms with E-state index in [9.17, 15) is 4.79 Å². The summed E-state index contributed by atoms with van der Waals surface area (Å²) < 4.78 is 18.7. The second kappa shape index (κ2) is 8.48. The molecule has 0 radical (unpaired) electrons. The molecule has 1 N–H and O–H groups in total. The third-order valence-corrected chi connectivity index (χ3v) is 5.81. The Hall–Kier alpha value is -2.86. The van der Waals surface area contributed by atoms with E-state index in [0.717, 1.165) is 28.6 Å². The van der Waals surface area contributed by atoms with Crippen molar-refractivity contribution < 1.29 is 19.0 Å². The highest BCUT2D eigenvalue weighted by Gasteiger charge is 2.26. The number of nitrogens with zero attached hydrogens (tertiary/aromatic N) is 1. The Morgan fingerprint density at radius 1 is 1.20 bits per heavy atom. The van der Waals surface area contributed by atoms with Gasteiger partial charge >= 0.3 is 0 Å². The molecule has 0 saturated carbocycles. The number of hydrogen-bond acceptors (Lipinski definition) is 4. The summed E-state index contributed by atoms with van der Waals surface area (Å²) in [6, 6.07) is 11.3. The van der Waals surface area contributed by atoms with Gasteiger partial charge in [0.1, 0.15) is 17.5 Å². The topological polar surface area (TPSA) is 61.7 Å². The van der Waals surface area contributed by atoms with Gasteiger partial charge in [-0.2, -0.15) is 0 Å². The fourth-order valence-electron chi connectivity index (χ4n) is 3.87. The first-order chi connectivity index (χ1) is 14.5. The molecule has 2 heterocycles. The monoisotopic (exact) mass is 428 g/mol. The number of nitrogens with one attached hydrogen (secondary N) is 1. The summed E-state index contributed by atoms with van der Waals surface area (Å²) in [5.74, 6) is 2.02. The first-order valence-electron chi connectivity index (χ1n) is 10.0. The molecular formula is C23H25ClN2O4. The first kappa shape index (κ1) is 20.4. The number of halogens is 1. The molecule has 0 aliphatic carbocycles. The Kier molecular flexibility index (Phi) is 5.77. The molecule has 0 bridgehead atoms. The Bertz CT molecular complexity index is 1090. The van der Waals surface area contributed by atoms with E-state index in [2.05, 4.69) is 12.2 Å². The molecular weight excluding hydrogens is 404 g/mol. The van der Waals surface area contributed by atoms with Gasteiger partial charge < -0.3 is 24.1 Å². The SMILES string of the molecule is CC[C@@H]1Cn2c(C(=O)NCCc3ccc(OC)c(OC)c3)cc3c(Cl)ccc(c32)O1. The van der Waals surface area contributed by atoms with Crippen LogP contribution in [0.15, 0.2) is 36.4 Å². The molecule has 1 amide bonds. The van der Waals surface area contributed by atoms with Gasteiger partial charge in [0, 0.05) is 11.9 Å². The predicted octanol–water partition coefficient (Wildman–Crippen LogP) is 4.46. The minimum atomic E-state index is -0.120. The van der Waals surface area contributed by atoms with Gasteiger partial charge in [0.15, 0.2) is 11.5 Å². The summed E-state index contributed by atoms with van der Waals surface area (Å²) in [4.78, 5) is 13.0. The number of ether oxygens (including phenoxy) is 3. The summed E-state index contributed by atoms with van der Waals surface area (Å²) in [7, 11) is 3.22. The maximum absolute atomic E-state index is 13.0. The van der Waals surface area contributed by atoms with Crippen molar-refractivity contribution in [2.45, 2.75) is 32.4 Å². The molecule has 3 aromatic rings. The van der Waals surface area contributed by atoms with Crippen LogP contribution in [-0.4, -0.2) is 37.3 Å². The fraction of sp³-hybridized carbons (Fsp3) is 0.348. The molecule has 0 fully saturated rings. The Balaban J connectivity index is 1.52. The highest BCUT2D eigenvalue weighted by molar-refractivity contribution is 6.36. The van der Waals surface area contributed by atoms with Gasteiger partial charge in [-0.15, -0.1) is 0 Å². The maximum atomic E-state index is 13.0. The standard InChI is InChI=1S/C23H25ClN2O4/c1-4-15-13-26-18(12-16-17(24)6-8-20(30-15)22(16)26)23(27)25-10-9-14-5-7-19(28-2)21(11-14)29-3/h5-8,11-12,15H,4,9-10,13H2,1-3H3,(H,25,27)/t15-/m1/s1. The van der Waals surface area contributed by atoms with Crippen molar-refractivity contribution in [3.05, 3.63) is 52.7 Å². The lowest BCUT2D eigenvalue weighted by Crippen LogP contribution is -2.32. The van der Waals surface area contributed by atoms with E-state index in [1.807, 2.05) is 41.0 Å². The van der Waals surface area contributed by atoms with E-state index in [0.29, 0.717) is 41.7 Å². The van der Waals surface area contributed by atoms with Crippen LogP contribution in [0.2, 0.25) is 5.02 Å². The molecule has 158 valence electrons. The summed E-state index contributed by atoms with van der Waals surface area (Å²) in [6.45, 7) is 3.21. The van der Waals surface area contributed by atoms with Crippen molar-refractivity contribution >= 4 is 28.4 Å². The molecule has 7 heteroatoms. The highest BCUT2D eigenvalue weighted by atomic mass is 35.5. The van der Waals surface area contributed by atoms with Crippen LogP contribution in [0.25, 0.3) is 10.9 Å². The van der Waals surface area contributed by atoms with Crippen LogP contribution >= 0.6 is 11.6 Å². The average Bonchev–Trinajstić information content (AvgIpc) is 3.16. The lowest BCUT2D eigenvalue weighted by atomic mass is 10.1. The number of carbonyl (C=O) groups excluding carboxylic acids is 1. The Morgan fingerprint density at radius 3 is 2.73 bits per heavy atom. The molecule has 4 rings (SSSR count). The number of amides is 1. The van der Waals surface area contributed by atoms with Gasteiger partial charge in [-0.1, -0.05) is 24.6 Å². The van der Waals surface area contributed by atoms with Crippen molar-refractivity contribution in [2.24, 2.45) is 0 Å². The van der Waals surface area contributed by atoms with Crippen molar-refractivity contribution in [2.75, 3.05) is 20.8 Å². The van der Waals surface area contributed by atoms with Gasteiger partial charge in [-0.05, 0) is 48.7 Å². The maximum Gasteiger partial charge on any atom is 0.267 e. The number of hydrogen-bond donors (Lipinski definition) is 1. The van der Waals surface area contributed by atoms with Crippen molar-refractivity contribution in [3.63, 3.8) is 0 Å². The lowest BCUT2D eigenvalue weighted by molar-refractivity contribution is 0.0938. The Labute approximate surface area is 180 Å². The van der Waals surface area contributed by atoms with Gasteiger partial charge in [0.25, 0.3) is 5.91 Å². The van der Waals surface area contributed by atoms with E-state index in [-0.39, 0.29) is 12.0 Å². The van der Waals surface area contributed by atoms with Crippen LogP contribution < -0.4 is 19.5 Å². The van der Waals surface area contributed by atoms with Crippen LogP contribution in [-0.2, 0) is 13.0 Å². The summed E-state index contributed by atoms with van der Waals surface area (Å²) in [5, 5.41) is 4.49. The van der Waals surface area contributed by atoms with E-state index >= 15 is 0 Å². The lowest BCUT2D eigenvalue weighted by Gasteiger charge is -2.26. The van der Waals surface area contributed by atoms with Gasteiger partial charge in [-0.3, -0.25) is 4.79 Å². The third-order valence-electron chi connectivity index (χ3n) is 5.48. The van der Waals surface area contributed by atoms with E-state index < -0.39 is 0 Å². The smallest absolute Gasteiger partial charge is 0.267 e. The molecule has 30 heavy (non-hydrogen) atoms. The second-order valence-electron chi connectivity index (χ2n) is 7.29. The van der Waals surface area contributed by atoms with Crippen molar-refractivity contribution in [1.29, 1.82) is 0 Å². The summed E-state index contributed by atoms with van der Waals surface area (Å²) in [5.41, 5.74) is 2.55.